The molecule has 6 heteroatoms. The summed E-state index contributed by atoms with van der Waals surface area (Å²) < 4.78 is 0. The largest absolute Gasteiger partial charge is 0.351 e. The lowest BCUT2D eigenvalue weighted by Crippen LogP contribution is -2.28. The third kappa shape index (κ3) is 5.31. The number of carbonyl (C=O) groups excluding carboxylic acids is 1. The lowest BCUT2D eigenvalue weighted by molar-refractivity contribution is 0.0947. The molecule has 0 aliphatic rings. The van der Waals surface area contributed by atoms with Crippen LogP contribution in [0.5, 0.6) is 0 Å². The van der Waals surface area contributed by atoms with E-state index in [-0.39, 0.29) is 5.91 Å². The average molecular weight is 327 g/mol. The van der Waals surface area contributed by atoms with Crippen LogP contribution in [0.1, 0.15) is 28.0 Å². The number of carbonyl (C=O) groups is 1. The Labute approximate surface area is 143 Å². The predicted octanol–water partition coefficient (Wildman–Crippen LogP) is 2.52. The third-order valence-electron chi connectivity index (χ3n) is 3.72. The van der Waals surface area contributed by atoms with Crippen LogP contribution in [0, 0.1) is 13.8 Å². The standard InChI is InChI=1S/C18H25N5O/c1-13-6-7-15(12-14(13)2)21-18-20-10-8-16(22-18)17(24)19-9-5-11-23(3)4/h6-8,10,12H,5,9,11H2,1-4H3,(H,19,24)(H,20,21,22). The zero-order chi connectivity index (χ0) is 17.5. The maximum absolute atomic E-state index is 12.2. The van der Waals surface area contributed by atoms with E-state index >= 15 is 0 Å². The van der Waals surface area contributed by atoms with E-state index in [1.807, 2.05) is 32.3 Å². The molecule has 2 aromatic rings. The number of amides is 1. The molecule has 0 aliphatic carbocycles. The molecular formula is C18H25N5O. The van der Waals surface area contributed by atoms with E-state index in [2.05, 4.69) is 39.3 Å². The molecule has 0 saturated carbocycles. The topological polar surface area (TPSA) is 70.2 Å². The molecule has 0 atom stereocenters. The first-order chi connectivity index (χ1) is 11.5. The van der Waals surface area contributed by atoms with Gasteiger partial charge in [-0.3, -0.25) is 4.79 Å². The molecule has 1 aromatic carbocycles. The van der Waals surface area contributed by atoms with Crippen LogP contribution in [0.2, 0.25) is 0 Å². The first-order valence-corrected chi connectivity index (χ1v) is 8.06. The molecule has 1 heterocycles. The normalized spacial score (nSPS) is 10.7. The number of aromatic nitrogens is 2. The van der Waals surface area contributed by atoms with Gasteiger partial charge in [0.2, 0.25) is 5.95 Å². The van der Waals surface area contributed by atoms with Gasteiger partial charge in [0.15, 0.2) is 0 Å². The van der Waals surface area contributed by atoms with Crippen molar-refractivity contribution in [2.75, 3.05) is 32.5 Å². The van der Waals surface area contributed by atoms with E-state index in [1.165, 1.54) is 11.1 Å². The van der Waals surface area contributed by atoms with Crippen LogP contribution in [0.4, 0.5) is 11.6 Å². The van der Waals surface area contributed by atoms with Crippen molar-refractivity contribution < 1.29 is 4.79 Å². The van der Waals surface area contributed by atoms with Crippen LogP contribution in [-0.2, 0) is 0 Å². The Morgan fingerprint density at radius 3 is 2.67 bits per heavy atom. The number of nitrogens with one attached hydrogen (secondary N) is 2. The number of nitrogens with zero attached hydrogens (tertiary/aromatic N) is 3. The summed E-state index contributed by atoms with van der Waals surface area (Å²) in [6.45, 7) is 5.68. The minimum absolute atomic E-state index is 0.181. The molecule has 0 aliphatic heterocycles. The van der Waals surface area contributed by atoms with Crippen LogP contribution in [-0.4, -0.2) is 48.0 Å². The van der Waals surface area contributed by atoms with E-state index in [4.69, 9.17) is 0 Å². The summed E-state index contributed by atoms with van der Waals surface area (Å²) in [7, 11) is 4.02. The molecule has 0 bridgehead atoms. The lowest BCUT2D eigenvalue weighted by atomic mass is 10.1. The molecule has 24 heavy (non-hydrogen) atoms. The summed E-state index contributed by atoms with van der Waals surface area (Å²) in [5, 5.41) is 6.02. The Bertz CT molecular complexity index is 700. The van der Waals surface area contributed by atoms with Gasteiger partial charge in [-0.05, 0) is 70.2 Å². The molecule has 0 unspecified atom stereocenters. The molecule has 2 rings (SSSR count). The smallest absolute Gasteiger partial charge is 0.270 e. The number of hydrogen-bond acceptors (Lipinski definition) is 5. The fourth-order valence-corrected chi connectivity index (χ4v) is 2.18. The van der Waals surface area contributed by atoms with Crippen molar-refractivity contribution in [3.05, 3.63) is 47.3 Å². The summed E-state index contributed by atoms with van der Waals surface area (Å²) >= 11 is 0. The van der Waals surface area contributed by atoms with E-state index < -0.39 is 0 Å². The Balaban J connectivity index is 1.97. The summed E-state index contributed by atoms with van der Waals surface area (Å²) in [5.41, 5.74) is 3.69. The van der Waals surface area contributed by atoms with Crippen molar-refractivity contribution in [2.24, 2.45) is 0 Å². The van der Waals surface area contributed by atoms with Gasteiger partial charge in [-0.2, -0.15) is 0 Å². The van der Waals surface area contributed by atoms with Crippen LogP contribution < -0.4 is 10.6 Å². The number of aryl methyl sites for hydroxylation is 2. The highest BCUT2D eigenvalue weighted by Crippen LogP contribution is 2.17. The highest BCUT2D eigenvalue weighted by molar-refractivity contribution is 5.92. The Kier molecular flexibility index (Phi) is 6.26. The van der Waals surface area contributed by atoms with Crippen molar-refractivity contribution in [1.29, 1.82) is 0 Å². The molecule has 0 saturated heterocycles. The molecule has 0 spiro atoms. The number of benzene rings is 1. The van der Waals surface area contributed by atoms with E-state index in [9.17, 15) is 4.79 Å². The summed E-state index contributed by atoms with van der Waals surface area (Å²) in [6.07, 6.45) is 2.49. The second-order valence-electron chi connectivity index (χ2n) is 6.10. The van der Waals surface area contributed by atoms with Crippen LogP contribution in [0.25, 0.3) is 0 Å². The van der Waals surface area contributed by atoms with E-state index in [0.29, 0.717) is 18.2 Å². The highest BCUT2D eigenvalue weighted by Gasteiger charge is 2.08. The number of hydrogen-bond donors (Lipinski definition) is 2. The first-order valence-electron chi connectivity index (χ1n) is 8.06. The van der Waals surface area contributed by atoms with Gasteiger partial charge in [0.05, 0.1) is 0 Å². The van der Waals surface area contributed by atoms with Gasteiger partial charge < -0.3 is 15.5 Å². The number of anilines is 2. The second-order valence-corrected chi connectivity index (χ2v) is 6.10. The molecule has 1 amide bonds. The Hall–Kier alpha value is -2.47. The second kappa shape index (κ2) is 8.40. The summed E-state index contributed by atoms with van der Waals surface area (Å²) in [6, 6.07) is 7.66. The van der Waals surface area contributed by atoms with Gasteiger partial charge in [0.25, 0.3) is 5.91 Å². The quantitative estimate of drug-likeness (QED) is 0.765. The van der Waals surface area contributed by atoms with Crippen molar-refractivity contribution in [3.63, 3.8) is 0 Å². The van der Waals surface area contributed by atoms with Gasteiger partial charge in [-0.25, -0.2) is 9.97 Å². The molecule has 0 radical (unpaired) electrons. The van der Waals surface area contributed by atoms with Crippen LogP contribution in [0.15, 0.2) is 30.5 Å². The van der Waals surface area contributed by atoms with Gasteiger partial charge in [-0.1, -0.05) is 6.07 Å². The fourth-order valence-electron chi connectivity index (χ4n) is 2.18. The highest BCUT2D eigenvalue weighted by atomic mass is 16.1. The van der Waals surface area contributed by atoms with Crippen LogP contribution in [0.3, 0.4) is 0 Å². The molecule has 6 nitrogen and oxygen atoms in total. The maximum Gasteiger partial charge on any atom is 0.270 e. The minimum Gasteiger partial charge on any atom is -0.351 e. The van der Waals surface area contributed by atoms with Crippen molar-refractivity contribution in [1.82, 2.24) is 20.2 Å². The third-order valence-corrected chi connectivity index (χ3v) is 3.72. The Morgan fingerprint density at radius 1 is 1.17 bits per heavy atom. The van der Waals surface area contributed by atoms with Gasteiger partial charge >= 0.3 is 0 Å². The monoisotopic (exact) mass is 327 g/mol. The summed E-state index contributed by atoms with van der Waals surface area (Å²) in [4.78, 5) is 22.7. The van der Waals surface area contributed by atoms with Crippen molar-refractivity contribution >= 4 is 17.5 Å². The first kappa shape index (κ1) is 17.9. The SMILES string of the molecule is Cc1ccc(Nc2nccc(C(=O)NCCCN(C)C)n2)cc1C. The zero-order valence-corrected chi connectivity index (χ0v) is 14.8. The fraction of sp³-hybridized carbons (Fsp3) is 0.389. The molecule has 1 aromatic heterocycles. The van der Waals surface area contributed by atoms with Crippen molar-refractivity contribution in [3.8, 4) is 0 Å². The zero-order valence-electron chi connectivity index (χ0n) is 14.8. The lowest BCUT2D eigenvalue weighted by Gasteiger charge is -2.10. The Morgan fingerprint density at radius 2 is 1.96 bits per heavy atom. The summed E-state index contributed by atoms with van der Waals surface area (Å²) in [5.74, 6) is 0.235. The molecule has 2 N–H and O–H groups in total. The van der Waals surface area contributed by atoms with E-state index in [1.54, 1.807) is 12.3 Å². The average Bonchev–Trinajstić information content (AvgIpc) is 2.55. The van der Waals surface area contributed by atoms with E-state index in [0.717, 1.165) is 18.7 Å². The van der Waals surface area contributed by atoms with Crippen molar-refractivity contribution in [2.45, 2.75) is 20.3 Å². The predicted molar refractivity (Wildman–Crippen MR) is 96.7 cm³/mol. The minimum atomic E-state index is -0.181. The van der Waals surface area contributed by atoms with Gasteiger partial charge in [0, 0.05) is 18.4 Å². The number of rotatable bonds is 7. The van der Waals surface area contributed by atoms with Crippen LogP contribution >= 0.6 is 0 Å². The molecular weight excluding hydrogens is 302 g/mol. The van der Waals surface area contributed by atoms with Gasteiger partial charge in [0.1, 0.15) is 5.69 Å². The molecule has 0 fully saturated rings. The molecule has 128 valence electrons. The van der Waals surface area contributed by atoms with Gasteiger partial charge in [-0.15, -0.1) is 0 Å². The maximum atomic E-state index is 12.2.